The number of rotatable bonds is 9. The lowest BCUT2D eigenvalue weighted by Crippen LogP contribution is -2.35. The molecule has 0 aliphatic rings. The first-order chi connectivity index (χ1) is 15.1. The summed E-state index contributed by atoms with van der Waals surface area (Å²) in [6.07, 6.45) is 0.625. The third kappa shape index (κ3) is 10.4. The lowest BCUT2D eigenvalue weighted by atomic mass is 10.1. The molecule has 0 fully saturated rings. The largest absolute Gasteiger partial charge is 0.444 e. The highest BCUT2D eigenvalue weighted by Gasteiger charge is 2.15. The van der Waals surface area contributed by atoms with Crippen LogP contribution in [0.25, 0.3) is 0 Å². The van der Waals surface area contributed by atoms with Crippen LogP contribution in [0.1, 0.15) is 44.7 Å². The Bertz CT molecular complexity index is 941. The molecule has 0 aromatic heterocycles. The van der Waals surface area contributed by atoms with Crippen molar-refractivity contribution in [3.8, 4) is 0 Å². The molecule has 0 aliphatic heterocycles. The van der Waals surface area contributed by atoms with Crippen LogP contribution in [-0.4, -0.2) is 30.1 Å². The van der Waals surface area contributed by atoms with Crippen LogP contribution in [0.4, 0.5) is 10.5 Å². The summed E-state index contributed by atoms with van der Waals surface area (Å²) in [5.74, 6) is -0.260. The topological polar surface area (TPSA) is 96.5 Å². The maximum Gasteiger partial charge on any atom is 0.407 e. The number of carbonyl (C=O) groups excluding carboxylic acids is 3. The molecule has 0 unspecified atom stereocenters. The highest BCUT2D eigenvalue weighted by Crippen LogP contribution is 2.15. The van der Waals surface area contributed by atoms with E-state index in [-0.39, 0.29) is 24.8 Å². The number of anilines is 1. The minimum atomic E-state index is -0.578. The van der Waals surface area contributed by atoms with Gasteiger partial charge in [0.15, 0.2) is 0 Å². The van der Waals surface area contributed by atoms with Gasteiger partial charge in [-0.15, -0.1) is 0 Å². The molecule has 0 atom stereocenters. The second-order valence-electron chi connectivity index (χ2n) is 8.33. The zero-order valence-corrected chi connectivity index (χ0v) is 20.3. The fraction of sp³-hybridized carbons (Fsp3) is 0.375. The van der Waals surface area contributed by atoms with Crippen molar-refractivity contribution in [1.29, 1.82) is 0 Å². The standard InChI is InChI=1S/C24H30BrN3O4/c1-24(2,3)32-23(31)26-13-12-21(29)27-16-18-7-5-9-20(15-18)28-22(30)11-10-17-6-4-8-19(25)14-17/h4-9,14-15H,10-13,16H2,1-3H3,(H,26,31)(H,27,29)(H,28,30). The van der Waals surface area contributed by atoms with Gasteiger partial charge in [0.2, 0.25) is 11.8 Å². The van der Waals surface area contributed by atoms with Gasteiger partial charge < -0.3 is 20.7 Å². The Balaban J connectivity index is 1.72. The monoisotopic (exact) mass is 503 g/mol. The van der Waals surface area contributed by atoms with Crippen LogP contribution in [0, 0.1) is 0 Å². The van der Waals surface area contributed by atoms with Crippen molar-refractivity contribution < 1.29 is 19.1 Å². The lowest BCUT2D eigenvalue weighted by Gasteiger charge is -2.19. The van der Waals surface area contributed by atoms with E-state index in [1.165, 1.54) is 0 Å². The number of hydrogen-bond acceptors (Lipinski definition) is 4. The molecule has 0 saturated heterocycles. The van der Waals surface area contributed by atoms with Crippen LogP contribution in [0.2, 0.25) is 0 Å². The van der Waals surface area contributed by atoms with Crippen molar-refractivity contribution in [2.75, 3.05) is 11.9 Å². The van der Waals surface area contributed by atoms with Gasteiger partial charge in [0, 0.05) is 36.1 Å². The number of ether oxygens (including phenoxy) is 1. The minimum Gasteiger partial charge on any atom is -0.444 e. The predicted molar refractivity (Wildman–Crippen MR) is 128 cm³/mol. The first-order valence-electron chi connectivity index (χ1n) is 10.5. The Morgan fingerprint density at radius 3 is 2.34 bits per heavy atom. The second kappa shape index (κ2) is 12.2. The first-order valence-corrected chi connectivity index (χ1v) is 11.3. The molecule has 2 aromatic rings. The summed E-state index contributed by atoms with van der Waals surface area (Å²) < 4.78 is 6.11. The lowest BCUT2D eigenvalue weighted by molar-refractivity contribution is -0.121. The fourth-order valence-corrected chi connectivity index (χ4v) is 3.26. The minimum absolute atomic E-state index is 0.0700. The molecular formula is C24H30BrN3O4. The average Bonchev–Trinajstić information content (AvgIpc) is 2.70. The van der Waals surface area contributed by atoms with Crippen molar-refractivity contribution in [3.63, 3.8) is 0 Å². The molecule has 0 spiro atoms. The molecule has 172 valence electrons. The quantitative estimate of drug-likeness (QED) is 0.467. The maximum absolute atomic E-state index is 12.3. The van der Waals surface area contributed by atoms with Gasteiger partial charge in [-0.3, -0.25) is 9.59 Å². The molecule has 0 heterocycles. The van der Waals surface area contributed by atoms with Gasteiger partial charge in [-0.05, 0) is 62.6 Å². The summed E-state index contributed by atoms with van der Waals surface area (Å²) in [5, 5.41) is 8.25. The van der Waals surface area contributed by atoms with E-state index in [1.807, 2.05) is 48.5 Å². The Labute approximate surface area is 197 Å². The zero-order chi connectivity index (χ0) is 23.6. The van der Waals surface area contributed by atoms with Crippen LogP contribution in [0.3, 0.4) is 0 Å². The maximum atomic E-state index is 12.3. The Kier molecular flexibility index (Phi) is 9.71. The number of halogens is 1. The van der Waals surface area contributed by atoms with Gasteiger partial charge in [0.1, 0.15) is 5.60 Å². The van der Waals surface area contributed by atoms with Gasteiger partial charge in [0.25, 0.3) is 0 Å². The Hall–Kier alpha value is -2.87. The zero-order valence-electron chi connectivity index (χ0n) is 18.7. The van der Waals surface area contributed by atoms with E-state index in [0.29, 0.717) is 25.1 Å². The number of aryl methyl sites for hydroxylation is 1. The number of benzene rings is 2. The molecule has 0 bridgehead atoms. The van der Waals surface area contributed by atoms with Crippen molar-refractivity contribution in [3.05, 3.63) is 64.1 Å². The SMILES string of the molecule is CC(C)(C)OC(=O)NCCC(=O)NCc1cccc(NC(=O)CCc2cccc(Br)c2)c1. The Morgan fingerprint density at radius 1 is 0.906 bits per heavy atom. The van der Waals surface area contributed by atoms with Gasteiger partial charge >= 0.3 is 6.09 Å². The van der Waals surface area contributed by atoms with Gasteiger partial charge in [-0.25, -0.2) is 4.79 Å². The summed E-state index contributed by atoms with van der Waals surface area (Å²) >= 11 is 3.43. The molecule has 32 heavy (non-hydrogen) atoms. The van der Waals surface area contributed by atoms with Crippen molar-refractivity contribution in [1.82, 2.24) is 10.6 Å². The van der Waals surface area contributed by atoms with E-state index in [2.05, 4.69) is 31.9 Å². The summed E-state index contributed by atoms with van der Waals surface area (Å²) in [7, 11) is 0. The van der Waals surface area contributed by atoms with E-state index in [4.69, 9.17) is 4.74 Å². The normalized spacial score (nSPS) is 10.9. The summed E-state index contributed by atoms with van der Waals surface area (Å²) in [5.41, 5.74) is 2.06. The molecule has 7 nitrogen and oxygen atoms in total. The molecule has 0 radical (unpaired) electrons. The van der Waals surface area contributed by atoms with Crippen LogP contribution in [0.15, 0.2) is 53.0 Å². The van der Waals surface area contributed by atoms with Crippen LogP contribution in [-0.2, 0) is 27.3 Å². The average molecular weight is 504 g/mol. The van der Waals surface area contributed by atoms with Crippen LogP contribution in [0.5, 0.6) is 0 Å². The molecule has 3 amide bonds. The van der Waals surface area contributed by atoms with E-state index in [0.717, 1.165) is 15.6 Å². The van der Waals surface area contributed by atoms with E-state index in [9.17, 15) is 14.4 Å². The van der Waals surface area contributed by atoms with Crippen molar-refractivity contribution >= 4 is 39.5 Å². The van der Waals surface area contributed by atoms with Gasteiger partial charge in [0.05, 0.1) is 0 Å². The number of carbonyl (C=O) groups is 3. The smallest absolute Gasteiger partial charge is 0.407 e. The van der Waals surface area contributed by atoms with Crippen LogP contribution >= 0.6 is 15.9 Å². The first kappa shape index (κ1) is 25.4. The third-order valence-electron chi connectivity index (χ3n) is 4.25. The number of nitrogens with one attached hydrogen (secondary N) is 3. The summed E-state index contributed by atoms with van der Waals surface area (Å²) in [4.78, 5) is 35.9. The molecule has 2 rings (SSSR count). The summed E-state index contributed by atoms with van der Waals surface area (Å²) in [6, 6.07) is 15.2. The second-order valence-corrected chi connectivity index (χ2v) is 9.25. The molecule has 2 aromatic carbocycles. The number of alkyl carbamates (subject to hydrolysis) is 1. The number of hydrogen-bond donors (Lipinski definition) is 3. The molecule has 0 saturated carbocycles. The van der Waals surface area contributed by atoms with Gasteiger partial charge in [-0.1, -0.05) is 40.2 Å². The van der Waals surface area contributed by atoms with E-state index in [1.54, 1.807) is 20.8 Å². The third-order valence-corrected chi connectivity index (χ3v) is 4.74. The van der Waals surface area contributed by atoms with Crippen molar-refractivity contribution in [2.24, 2.45) is 0 Å². The van der Waals surface area contributed by atoms with Crippen LogP contribution < -0.4 is 16.0 Å². The fourth-order valence-electron chi connectivity index (χ4n) is 2.81. The highest BCUT2D eigenvalue weighted by molar-refractivity contribution is 9.10. The Morgan fingerprint density at radius 2 is 1.62 bits per heavy atom. The highest BCUT2D eigenvalue weighted by atomic mass is 79.9. The van der Waals surface area contributed by atoms with Gasteiger partial charge in [-0.2, -0.15) is 0 Å². The predicted octanol–water partition coefficient (Wildman–Crippen LogP) is 4.55. The molecule has 8 heteroatoms. The molecular weight excluding hydrogens is 474 g/mol. The van der Waals surface area contributed by atoms with E-state index < -0.39 is 11.7 Å². The van der Waals surface area contributed by atoms with Crippen molar-refractivity contribution in [2.45, 2.75) is 52.2 Å². The number of amides is 3. The summed E-state index contributed by atoms with van der Waals surface area (Å²) in [6.45, 7) is 5.84. The molecule has 0 aliphatic carbocycles. The molecule has 3 N–H and O–H groups in total. The van der Waals surface area contributed by atoms with E-state index >= 15 is 0 Å².